The van der Waals surface area contributed by atoms with Gasteiger partial charge in [-0.25, -0.2) is 4.68 Å². The standard InChI is InChI=1S/C11H13N3O/c1-8-9(2)14(13-12-8)10-5-4-6-11(7-10)15-3/h4-7H,1-3H3. The van der Waals surface area contributed by atoms with Crippen LogP contribution in [0, 0.1) is 13.8 Å². The minimum atomic E-state index is 0.819. The van der Waals surface area contributed by atoms with Crippen molar-refractivity contribution in [3.05, 3.63) is 35.7 Å². The normalized spacial score (nSPS) is 10.3. The molecule has 0 amide bonds. The summed E-state index contributed by atoms with van der Waals surface area (Å²) in [7, 11) is 1.65. The van der Waals surface area contributed by atoms with Crippen LogP contribution in [-0.2, 0) is 0 Å². The fourth-order valence-electron chi connectivity index (χ4n) is 1.39. The number of aryl methyl sites for hydroxylation is 1. The molecule has 78 valence electrons. The molecule has 0 unspecified atom stereocenters. The van der Waals surface area contributed by atoms with E-state index in [1.165, 1.54) is 0 Å². The minimum absolute atomic E-state index is 0.819. The van der Waals surface area contributed by atoms with Gasteiger partial charge in [-0.3, -0.25) is 0 Å². The molecule has 0 radical (unpaired) electrons. The first kappa shape index (κ1) is 9.71. The third-order valence-electron chi connectivity index (χ3n) is 2.42. The lowest BCUT2D eigenvalue weighted by Crippen LogP contribution is -1.99. The summed E-state index contributed by atoms with van der Waals surface area (Å²) in [5.41, 5.74) is 2.95. The van der Waals surface area contributed by atoms with Crippen molar-refractivity contribution in [2.75, 3.05) is 7.11 Å². The van der Waals surface area contributed by atoms with Crippen molar-refractivity contribution in [3.63, 3.8) is 0 Å². The maximum atomic E-state index is 5.16. The van der Waals surface area contributed by atoms with Crippen LogP contribution in [0.1, 0.15) is 11.4 Å². The molecule has 0 fully saturated rings. The third kappa shape index (κ3) is 1.70. The summed E-state index contributed by atoms with van der Waals surface area (Å²) in [6.45, 7) is 3.94. The molecule has 0 spiro atoms. The molecule has 1 aromatic heterocycles. The molecule has 0 N–H and O–H groups in total. The number of rotatable bonds is 2. The summed E-state index contributed by atoms with van der Waals surface area (Å²) in [5, 5.41) is 8.09. The van der Waals surface area contributed by atoms with E-state index in [4.69, 9.17) is 4.74 Å². The molecule has 2 aromatic rings. The van der Waals surface area contributed by atoms with Crippen molar-refractivity contribution in [2.45, 2.75) is 13.8 Å². The van der Waals surface area contributed by atoms with Crippen molar-refractivity contribution in [1.29, 1.82) is 0 Å². The van der Waals surface area contributed by atoms with Gasteiger partial charge in [0, 0.05) is 6.07 Å². The lowest BCUT2D eigenvalue weighted by atomic mass is 10.3. The topological polar surface area (TPSA) is 39.9 Å². The van der Waals surface area contributed by atoms with Crippen LogP contribution in [0.25, 0.3) is 5.69 Å². The highest BCUT2D eigenvalue weighted by molar-refractivity contribution is 5.39. The van der Waals surface area contributed by atoms with Gasteiger partial charge in [0.25, 0.3) is 0 Å². The molecule has 4 nitrogen and oxygen atoms in total. The minimum Gasteiger partial charge on any atom is -0.497 e. The molecule has 1 aromatic carbocycles. The van der Waals surface area contributed by atoms with Gasteiger partial charge in [-0.2, -0.15) is 0 Å². The number of hydrogen-bond acceptors (Lipinski definition) is 3. The van der Waals surface area contributed by atoms with Crippen LogP contribution in [0.2, 0.25) is 0 Å². The van der Waals surface area contributed by atoms with Gasteiger partial charge in [-0.05, 0) is 26.0 Å². The molecule has 4 heteroatoms. The predicted molar refractivity (Wildman–Crippen MR) is 57.4 cm³/mol. The number of aromatic nitrogens is 3. The van der Waals surface area contributed by atoms with Crippen LogP contribution in [0.15, 0.2) is 24.3 Å². The van der Waals surface area contributed by atoms with Crippen molar-refractivity contribution in [3.8, 4) is 11.4 Å². The molecule has 1 heterocycles. The van der Waals surface area contributed by atoms with E-state index >= 15 is 0 Å². The molecular formula is C11H13N3O. The Bertz CT molecular complexity index is 476. The average molecular weight is 203 g/mol. The van der Waals surface area contributed by atoms with Gasteiger partial charge in [0.05, 0.1) is 24.2 Å². The van der Waals surface area contributed by atoms with Crippen LogP contribution >= 0.6 is 0 Å². The van der Waals surface area contributed by atoms with Crippen molar-refractivity contribution < 1.29 is 4.74 Å². The molecular weight excluding hydrogens is 190 g/mol. The first-order valence-electron chi connectivity index (χ1n) is 4.75. The Morgan fingerprint density at radius 2 is 2.07 bits per heavy atom. The molecule has 0 bridgehead atoms. The van der Waals surface area contributed by atoms with E-state index in [1.54, 1.807) is 11.8 Å². The summed E-state index contributed by atoms with van der Waals surface area (Å²) in [5.74, 6) is 0.819. The Hall–Kier alpha value is -1.84. The van der Waals surface area contributed by atoms with E-state index in [0.717, 1.165) is 22.8 Å². The smallest absolute Gasteiger partial charge is 0.121 e. The van der Waals surface area contributed by atoms with Crippen LogP contribution in [0.5, 0.6) is 5.75 Å². The lowest BCUT2D eigenvalue weighted by Gasteiger charge is -2.05. The maximum Gasteiger partial charge on any atom is 0.121 e. The summed E-state index contributed by atoms with van der Waals surface area (Å²) < 4.78 is 6.96. The first-order chi connectivity index (χ1) is 7.22. The molecule has 15 heavy (non-hydrogen) atoms. The predicted octanol–water partition coefficient (Wildman–Crippen LogP) is 1.89. The zero-order chi connectivity index (χ0) is 10.8. The third-order valence-corrected chi connectivity index (χ3v) is 2.42. The summed E-state index contributed by atoms with van der Waals surface area (Å²) in [4.78, 5) is 0. The fourth-order valence-corrected chi connectivity index (χ4v) is 1.39. The first-order valence-corrected chi connectivity index (χ1v) is 4.75. The Balaban J connectivity index is 2.49. The quantitative estimate of drug-likeness (QED) is 0.748. The number of ether oxygens (including phenoxy) is 1. The van der Waals surface area contributed by atoms with Crippen LogP contribution in [0.4, 0.5) is 0 Å². The van der Waals surface area contributed by atoms with E-state index in [0.29, 0.717) is 0 Å². The monoisotopic (exact) mass is 203 g/mol. The summed E-state index contributed by atoms with van der Waals surface area (Å²) in [6.07, 6.45) is 0. The largest absolute Gasteiger partial charge is 0.497 e. The van der Waals surface area contributed by atoms with E-state index in [9.17, 15) is 0 Å². The van der Waals surface area contributed by atoms with Crippen LogP contribution < -0.4 is 4.74 Å². The van der Waals surface area contributed by atoms with E-state index < -0.39 is 0 Å². The number of nitrogens with zero attached hydrogens (tertiary/aromatic N) is 3. The Labute approximate surface area is 88.5 Å². The van der Waals surface area contributed by atoms with Crippen molar-refractivity contribution in [1.82, 2.24) is 15.0 Å². The highest BCUT2D eigenvalue weighted by Crippen LogP contribution is 2.17. The Morgan fingerprint density at radius 1 is 1.27 bits per heavy atom. The second-order valence-corrected chi connectivity index (χ2v) is 3.37. The molecule has 0 atom stereocenters. The summed E-state index contributed by atoms with van der Waals surface area (Å²) in [6, 6.07) is 7.75. The Morgan fingerprint density at radius 3 is 2.67 bits per heavy atom. The number of hydrogen-bond donors (Lipinski definition) is 0. The van der Waals surface area contributed by atoms with Crippen LogP contribution in [-0.4, -0.2) is 22.1 Å². The molecule has 0 aliphatic rings. The highest BCUT2D eigenvalue weighted by atomic mass is 16.5. The highest BCUT2D eigenvalue weighted by Gasteiger charge is 2.06. The Kier molecular flexibility index (Phi) is 2.41. The number of methoxy groups -OCH3 is 1. The maximum absolute atomic E-state index is 5.16. The van der Waals surface area contributed by atoms with Gasteiger partial charge in [-0.15, -0.1) is 5.10 Å². The van der Waals surface area contributed by atoms with Gasteiger partial charge in [0.1, 0.15) is 5.75 Å². The average Bonchev–Trinajstić information content (AvgIpc) is 2.60. The van der Waals surface area contributed by atoms with Gasteiger partial charge in [0.2, 0.25) is 0 Å². The molecule has 0 saturated carbocycles. The van der Waals surface area contributed by atoms with Crippen molar-refractivity contribution in [2.24, 2.45) is 0 Å². The van der Waals surface area contributed by atoms with E-state index in [1.807, 2.05) is 38.1 Å². The molecule has 0 saturated heterocycles. The van der Waals surface area contributed by atoms with Gasteiger partial charge < -0.3 is 4.74 Å². The molecule has 0 aliphatic heterocycles. The van der Waals surface area contributed by atoms with Crippen LogP contribution in [0.3, 0.4) is 0 Å². The second kappa shape index (κ2) is 3.73. The van der Waals surface area contributed by atoms with Gasteiger partial charge >= 0.3 is 0 Å². The van der Waals surface area contributed by atoms with Gasteiger partial charge in [0.15, 0.2) is 0 Å². The van der Waals surface area contributed by atoms with E-state index in [2.05, 4.69) is 10.3 Å². The molecule has 2 rings (SSSR count). The molecule has 0 aliphatic carbocycles. The van der Waals surface area contributed by atoms with E-state index in [-0.39, 0.29) is 0 Å². The lowest BCUT2D eigenvalue weighted by molar-refractivity contribution is 0.414. The van der Waals surface area contributed by atoms with Gasteiger partial charge in [-0.1, -0.05) is 11.3 Å². The van der Waals surface area contributed by atoms with Crippen molar-refractivity contribution >= 4 is 0 Å². The SMILES string of the molecule is COc1cccc(-n2nnc(C)c2C)c1. The number of benzene rings is 1. The second-order valence-electron chi connectivity index (χ2n) is 3.37. The zero-order valence-corrected chi connectivity index (χ0v) is 9.06. The fraction of sp³-hybridized carbons (Fsp3) is 0.273. The zero-order valence-electron chi connectivity index (χ0n) is 9.06. The summed E-state index contributed by atoms with van der Waals surface area (Å²) >= 11 is 0.